The van der Waals surface area contributed by atoms with Crippen LogP contribution in [0.1, 0.15) is 22.3 Å². The minimum absolute atomic E-state index is 0.0352. The van der Waals surface area contributed by atoms with E-state index in [2.05, 4.69) is 0 Å². The van der Waals surface area contributed by atoms with Crippen LogP contribution in [0.15, 0.2) is 54.1 Å². The van der Waals surface area contributed by atoms with Crippen molar-refractivity contribution in [2.45, 2.75) is 6.42 Å². The summed E-state index contributed by atoms with van der Waals surface area (Å²) in [6.45, 7) is 0.516. The highest BCUT2D eigenvalue weighted by Crippen LogP contribution is 2.27. The molecule has 0 atom stereocenters. The highest BCUT2D eigenvalue weighted by Gasteiger charge is 2.20. The van der Waals surface area contributed by atoms with Gasteiger partial charge in [0, 0.05) is 17.0 Å². The average molecular weight is 285 g/mol. The van der Waals surface area contributed by atoms with Crippen LogP contribution in [0.4, 0.5) is 0 Å². The molecular formula is C17H13ClO2. The number of Topliss-reactive ketones (excluding diaryl/α,β-unsaturated/α-hetero) is 1. The molecule has 20 heavy (non-hydrogen) atoms. The first-order valence-corrected chi connectivity index (χ1v) is 6.84. The van der Waals surface area contributed by atoms with Gasteiger partial charge in [0.25, 0.3) is 0 Å². The van der Waals surface area contributed by atoms with E-state index in [4.69, 9.17) is 16.3 Å². The summed E-state index contributed by atoms with van der Waals surface area (Å²) < 4.78 is 5.62. The number of halogens is 1. The predicted molar refractivity (Wildman–Crippen MR) is 80.3 cm³/mol. The third kappa shape index (κ3) is 2.61. The van der Waals surface area contributed by atoms with Crippen molar-refractivity contribution < 1.29 is 9.53 Å². The topological polar surface area (TPSA) is 26.3 Å². The summed E-state index contributed by atoms with van der Waals surface area (Å²) in [6.07, 6.45) is 2.51. The van der Waals surface area contributed by atoms with E-state index in [9.17, 15) is 4.79 Å². The van der Waals surface area contributed by atoms with Gasteiger partial charge >= 0.3 is 0 Å². The van der Waals surface area contributed by atoms with Crippen molar-refractivity contribution in [2.24, 2.45) is 0 Å². The summed E-state index contributed by atoms with van der Waals surface area (Å²) in [4.78, 5) is 12.5. The van der Waals surface area contributed by atoms with E-state index in [1.54, 1.807) is 6.07 Å². The number of carbonyl (C=O) groups is 1. The van der Waals surface area contributed by atoms with Gasteiger partial charge in [-0.3, -0.25) is 4.79 Å². The fraction of sp³-hybridized carbons (Fsp3) is 0.118. The molecule has 0 spiro atoms. The summed E-state index contributed by atoms with van der Waals surface area (Å²) in [5, 5.41) is 0.688. The molecule has 0 unspecified atom stereocenters. The second-order valence-corrected chi connectivity index (χ2v) is 5.08. The maximum atomic E-state index is 12.5. The Morgan fingerprint density at radius 2 is 1.80 bits per heavy atom. The second kappa shape index (κ2) is 5.51. The van der Waals surface area contributed by atoms with Crippen LogP contribution >= 0.6 is 11.6 Å². The number of rotatable bonds is 1. The highest BCUT2D eigenvalue weighted by atomic mass is 35.5. The number of hydrogen-bond acceptors (Lipinski definition) is 2. The molecule has 0 aromatic heterocycles. The molecule has 2 aromatic carbocycles. The van der Waals surface area contributed by atoms with Crippen LogP contribution in [-0.4, -0.2) is 12.4 Å². The zero-order chi connectivity index (χ0) is 13.9. The standard InChI is InChI=1S/C17H13ClO2/c18-14-7-5-12(6-8-14)11-13-9-10-20-16-4-2-1-3-15(16)17(13)19/h1-8,11H,9-10H2. The van der Waals surface area contributed by atoms with Crippen LogP contribution in [0.25, 0.3) is 6.08 Å². The summed E-state index contributed by atoms with van der Waals surface area (Å²) in [6, 6.07) is 14.8. The zero-order valence-electron chi connectivity index (χ0n) is 10.8. The number of ether oxygens (including phenoxy) is 1. The van der Waals surface area contributed by atoms with Crippen molar-refractivity contribution in [3.05, 3.63) is 70.3 Å². The molecule has 0 N–H and O–H groups in total. The van der Waals surface area contributed by atoms with E-state index in [1.165, 1.54) is 0 Å². The summed E-state index contributed by atoms with van der Waals surface area (Å²) in [5.41, 5.74) is 2.36. The molecule has 0 saturated carbocycles. The minimum Gasteiger partial charge on any atom is -0.492 e. The Morgan fingerprint density at radius 3 is 2.60 bits per heavy atom. The molecule has 0 radical (unpaired) electrons. The Kier molecular flexibility index (Phi) is 3.57. The molecule has 0 aliphatic carbocycles. The van der Waals surface area contributed by atoms with Crippen LogP contribution in [0.2, 0.25) is 5.02 Å². The minimum atomic E-state index is 0.0352. The van der Waals surface area contributed by atoms with Crippen molar-refractivity contribution in [2.75, 3.05) is 6.61 Å². The number of para-hydroxylation sites is 1. The average Bonchev–Trinajstić information content (AvgIpc) is 2.62. The molecule has 3 heteroatoms. The van der Waals surface area contributed by atoms with Crippen LogP contribution in [0.3, 0.4) is 0 Å². The van der Waals surface area contributed by atoms with Gasteiger partial charge in [0.05, 0.1) is 12.2 Å². The number of fused-ring (bicyclic) bond motifs is 1. The number of ketones is 1. The molecule has 100 valence electrons. The van der Waals surface area contributed by atoms with Crippen LogP contribution in [0, 0.1) is 0 Å². The number of benzene rings is 2. The zero-order valence-corrected chi connectivity index (χ0v) is 11.6. The lowest BCUT2D eigenvalue weighted by Gasteiger charge is -2.04. The van der Waals surface area contributed by atoms with Gasteiger partial charge in [-0.25, -0.2) is 0 Å². The molecule has 0 bridgehead atoms. The number of hydrogen-bond donors (Lipinski definition) is 0. The molecular weight excluding hydrogens is 272 g/mol. The fourth-order valence-corrected chi connectivity index (χ4v) is 2.36. The third-order valence-electron chi connectivity index (χ3n) is 3.26. The lowest BCUT2D eigenvalue weighted by Crippen LogP contribution is -2.01. The van der Waals surface area contributed by atoms with Gasteiger partial charge in [-0.05, 0) is 35.9 Å². The van der Waals surface area contributed by atoms with Crippen LogP contribution in [0.5, 0.6) is 5.75 Å². The van der Waals surface area contributed by atoms with Crippen molar-refractivity contribution in [3.8, 4) is 5.75 Å². The first-order valence-electron chi connectivity index (χ1n) is 6.47. The predicted octanol–water partition coefficient (Wildman–Crippen LogP) is 4.39. The highest BCUT2D eigenvalue weighted by molar-refractivity contribution is 6.30. The number of carbonyl (C=O) groups excluding carboxylic acids is 1. The van der Waals surface area contributed by atoms with Gasteiger partial charge in [0.15, 0.2) is 5.78 Å². The molecule has 1 aliphatic heterocycles. The van der Waals surface area contributed by atoms with Gasteiger partial charge in [-0.15, -0.1) is 0 Å². The van der Waals surface area contributed by atoms with E-state index in [1.807, 2.05) is 48.5 Å². The maximum Gasteiger partial charge on any atom is 0.192 e. The molecule has 2 aromatic rings. The Hall–Kier alpha value is -2.06. The smallest absolute Gasteiger partial charge is 0.192 e. The molecule has 0 amide bonds. The SMILES string of the molecule is O=C1C(=Cc2ccc(Cl)cc2)CCOc2ccccc21. The first kappa shape index (κ1) is 12.9. The summed E-state index contributed by atoms with van der Waals surface area (Å²) in [7, 11) is 0. The molecule has 0 fully saturated rings. The molecule has 1 heterocycles. The van der Waals surface area contributed by atoms with Gasteiger partial charge in [0.2, 0.25) is 0 Å². The monoisotopic (exact) mass is 284 g/mol. The van der Waals surface area contributed by atoms with Crippen molar-refractivity contribution in [3.63, 3.8) is 0 Å². The Labute approximate surface area is 122 Å². The van der Waals surface area contributed by atoms with Crippen LogP contribution in [-0.2, 0) is 0 Å². The van der Waals surface area contributed by atoms with E-state index in [0.29, 0.717) is 29.4 Å². The van der Waals surface area contributed by atoms with Gasteiger partial charge in [-0.2, -0.15) is 0 Å². The Balaban J connectivity index is 1.98. The van der Waals surface area contributed by atoms with Crippen molar-refractivity contribution in [1.29, 1.82) is 0 Å². The lowest BCUT2D eigenvalue weighted by molar-refractivity contribution is 0.103. The van der Waals surface area contributed by atoms with E-state index in [0.717, 1.165) is 11.1 Å². The van der Waals surface area contributed by atoms with Gasteiger partial charge in [-0.1, -0.05) is 35.9 Å². The first-order chi connectivity index (χ1) is 9.74. The molecule has 1 aliphatic rings. The van der Waals surface area contributed by atoms with E-state index in [-0.39, 0.29) is 5.78 Å². The van der Waals surface area contributed by atoms with Gasteiger partial charge < -0.3 is 4.74 Å². The van der Waals surface area contributed by atoms with E-state index < -0.39 is 0 Å². The normalized spacial score (nSPS) is 16.4. The van der Waals surface area contributed by atoms with Crippen LogP contribution < -0.4 is 4.74 Å². The molecule has 2 nitrogen and oxygen atoms in total. The van der Waals surface area contributed by atoms with Crippen molar-refractivity contribution in [1.82, 2.24) is 0 Å². The summed E-state index contributed by atoms with van der Waals surface area (Å²) in [5.74, 6) is 0.699. The van der Waals surface area contributed by atoms with E-state index >= 15 is 0 Å². The second-order valence-electron chi connectivity index (χ2n) is 4.64. The third-order valence-corrected chi connectivity index (χ3v) is 3.52. The Bertz CT molecular complexity index is 672. The van der Waals surface area contributed by atoms with Gasteiger partial charge in [0.1, 0.15) is 5.75 Å². The molecule has 0 saturated heterocycles. The fourth-order valence-electron chi connectivity index (χ4n) is 2.24. The van der Waals surface area contributed by atoms with Crippen molar-refractivity contribution >= 4 is 23.5 Å². The lowest BCUT2D eigenvalue weighted by atomic mass is 9.99. The maximum absolute atomic E-state index is 12.5. The Morgan fingerprint density at radius 1 is 1.05 bits per heavy atom. The quantitative estimate of drug-likeness (QED) is 0.726. The molecule has 3 rings (SSSR count). The largest absolute Gasteiger partial charge is 0.492 e. The summed E-state index contributed by atoms with van der Waals surface area (Å²) >= 11 is 5.87.